The molecule has 0 aliphatic carbocycles. The maximum Gasteiger partial charge on any atom is 0.152 e. The first-order valence-electron chi connectivity index (χ1n) is 5.34. The summed E-state index contributed by atoms with van der Waals surface area (Å²) < 4.78 is 23.0. The Morgan fingerprint density at radius 2 is 2.18 bits per heavy atom. The van der Waals surface area contributed by atoms with Crippen LogP contribution in [0.4, 0.5) is 11.4 Å². The summed E-state index contributed by atoms with van der Waals surface area (Å²) in [4.78, 5) is 0. The van der Waals surface area contributed by atoms with Crippen molar-refractivity contribution >= 4 is 32.8 Å². The van der Waals surface area contributed by atoms with Crippen molar-refractivity contribution in [2.45, 2.75) is 18.9 Å². The molecule has 1 atom stereocenters. The Hall–Kier alpha value is -0.940. The molecule has 1 aliphatic heterocycles. The quantitative estimate of drug-likeness (QED) is 0.808. The predicted octanol–water partition coefficient (Wildman–Crippen LogP) is 1.91. The monoisotopic (exact) mass is 274 g/mol. The van der Waals surface area contributed by atoms with E-state index < -0.39 is 15.4 Å². The molecule has 0 saturated carbocycles. The average Bonchev–Trinajstić information content (AvgIpc) is 2.49. The van der Waals surface area contributed by atoms with Gasteiger partial charge in [0.1, 0.15) is 0 Å². The maximum absolute atomic E-state index is 11.5. The highest BCUT2D eigenvalue weighted by Gasteiger charge is 2.38. The van der Waals surface area contributed by atoms with E-state index in [4.69, 9.17) is 17.3 Å². The number of rotatable bonds is 2. The lowest BCUT2D eigenvalue weighted by Crippen LogP contribution is -2.36. The van der Waals surface area contributed by atoms with Crippen molar-refractivity contribution in [2.75, 3.05) is 22.6 Å². The van der Waals surface area contributed by atoms with Crippen molar-refractivity contribution in [2.24, 2.45) is 0 Å². The third-order valence-corrected chi connectivity index (χ3v) is 5.23. The number of hydrogen-bond donors (Lipinski definition) is 2. The summed E-state index contributed by atoms with van der Waals surface area (Å²) in [5.41, 5.74) is 6.53. The molecule has 6 heteroatoms. The molecule has 1 aromatic carbocycles. The molecule has 4 nitrogen and oxygen atoms in total. The van der Waals surface area contributed by atoms with Gasteiger partial charge in [0.2, 0.25) is 0 Å². The molecule has 3 N–H and O–H groups in total. The lowest BCUT2D eigenvalue weighted by atomic mass is 10.0. The zero-order valence-corrected chi connectivity index (χ0v) is 11.1. The number of hydrogen-bond acceptors (Lipinski definition) is 4. The van der Waals surface area contributed by atoms with Crippen LogP contribution in [0, 0.1) is 0 Å². The van der Waals surface area contributed by atoms with Gasteiger partial charge in [-0.05, 0) is 25.5 Å². The van der Waals surface area contributed by atoms with E-state index in [0.717, 1.165) is 0 Å². The van der Waals surface area contributed by atoms with Crippen LogP contribution in [0.15, 0.2) is 18.2 Å². The highest BCUT2D eigenvalue weighted by molar-refractivity contribution is 7.91. The van der Waals surface area contributed by atoms with Gasteiger partial charge in [-0.15, -0.1) is 0 Å². The van der Waals surface area contributed by atoms with E-state index in [9.17, 15) is 8.42 Å². The minimum Gasteiger partial charge on any atom is -0.396 e. The summed E-state index contributed by atoms with van der Waals surface area (Å²) >= 11 is 5.92. The number of benzene rings is 1. The summed E-state index contributed by atoms with van der Waals surface area (Å²) in [5, 5.41) is 3.67. The van der Waals surface area contributed by atoms with E-state index in [1.54, 1.807) is 18.2 Å². The van der Waals surface area contributed by atoms with Gasteiger partial charge in [0.05, 0.1) is 27.9 Å². The summed E-state index contributed by atoms with van der Waals surface area (Å²) in [5.74, 6) is 0.350. The van der Waals surface area contributed by atoms with Crippen LogP contribution in [0.1, 0.15) is 13.3 Å². The van der Waals surface area contributed by atoms with Crippen LogP contribution in [-0.2, 0) is 9.84 Å². The van der Waals surface area contributed by atoms with Gasteiger partial charge in [0.15, 0.2) is 9.84 Å². The van der Waals surface area contributed by atoms with Crippen molar-refractivity contribution < 1.29 is 8.42 Å². The van der Waals surface area contributed by atoms with E-state index in [1.807, 2.05) is 6.92 Å². The normalized spacial score (nSPS) is 26.9. The number of para-hydroxylation sites is 1. The zero-order valence-electron chi connectivity index (χ0n) is 9.53. The van der Waals surface area contributed by atoms with Gasteiger partial charge in [-0.25, -0.2) is 8.42 Å². The van der Waals surface area contributed by atoms with E-state index in [1.165, 1.54) is 0 Å². The first kappa shape index (κ1) is 12.5. The summed E-state index contributed by atoms with van der Waals surface area (Å²) in [6.45, 7) is 1.89. The van der Waals surface area contributed by atoms with Crippen LogP contribution in [-0.4, -0.2) is 25.5 Å². The summed E-state index contributed by atoms with van der Waals surface area (Å²) in [6, 6.07) is 5.29. The molecule has 1 saturated heterocycles. The number of sulfone groups is 1. The summed E-state index contributed by atoms with van der Waals surface area (Å²) in [7, 11) is -2.93. The van der Waals surface area contributed by atoms with Crippen LogP contribution in [0.2, 0.25) is 5.02 Å². The second-order valence-electron chi connectivity index (χ2n) is 4.73. The Morgan fingerprint density at radius 1 is 1.47 bits per heavy atom. The van der Waals surface area contributed by atoms with E-state index in [2.05, 4.69) is 5.32 Å². The lowest BCUT2D eigenvalue weighted by Gasteiger charge is -2.26. The molecule has 0 amide bonds. The molecule has 0 aromatic heterocycles. The molecule has 17 heavy (non-hydrogen) atoms. The second kappa shape index (κ2) is 4.07. The molecule has 0 spiro atoms. The molecule has 0 bridgehead atoms. The molecule has 1 aromatic rings. The third-order valence-electron chi connectivity index (χ3n) is 2.99. The lowest BCUT2D eigenvalue weighted by molar-refractivity contribution is 0.574. The third kappa shape index (κ3) is 2.66. The fraction of sp³-hybridized carbons (Fsp3) is 0.455. The Labute approximate surface area is 106 Å². The number of nitrogens with two attached hydrogens (primary N) is 1. The number of halogens is 1. The molecular weight excluding hydrogens is 260 g/mol. The van der Waals surface area contributed by atoms with Gasteiger partial charge in [-0.1, -0.05) is 17.7 Å². The fourth-order valence-corrected chi connectivity index (χ4v) is 4.35. The van der Waals surface area contributed by atoms with E-state index in [-0.39, 0.29) is 11.5 Å². The fourth-order valence-electron chi connectivity index (χ4n) is 2.08. The standard InChI is InChI=1S/C11H15ClN2O2S/c1-11(5-6-17(15,16)7-11)14-9-4-2-3-8(12)10(9)13/h2-4,14H,5-7,13H2,1H3. The van der Waals surface area contributed by atoms with Crippen LogP contribution >= 0.6 is 11.6 Å². The first-order chi connectivity index (χ1) is 7.81. The van der Waals surface area contributed by atoms with E-state index in [0.29, 0.717) is 22.8 Å². The van der Waals surface area contributed by atoms with Gasteiger partial charge >= 0.3 is 0 Å². The average molecular weight is 275 g/mol. The molecule has 1 unspecified atom stereocenters. The molecule has 1 heterocycles. The largest absolute Gasteiger partial charge is 0.396 e. The van der Waals surface area contributed by atoms with Gasteiger partial charge < -0.3 is 11.1 Å². The minimum absolute atomic E-state index is 0.131. The molecule has 1 aliphatic rings. The van der Waals surface area contributed by atoms with Gasteiger partial charge in [0.25, 0.3) is 0 Å². The van der Waals surface area contributed by atoms with Crippen molar-refractivity contribution in [3.8, 4) is 0 Å². The molecule has 1 fully saturated rings. The Morgan fingerprint density at radius 3 is 2.76 bits per heavy atom. The van der Waals surface area contributed by atoms with Crippen LogP contribution in [0.25, 0.3) is 0 Å². The molecule has 0 radical (unpaired) electrons. The number of anilines is 2. The smallest absolute Gasteiger partial charge is 0.152 e. The zero-order chi connectivity index (χ0) is 12.7. The van der Waals surface area contributed by atoms with Gasteiger partial charge in [-0.2, -0.15) is 0 Å². The Kier molecular flexibility index (Phi) is 2.99. The SMILES string of the molecule is CC1(Nc2cccc(Cl)c2N)CCS(=O)(=O)C1. The summed E-state index contributed by atoms with van der Waals surface area (Å²) in [6.07, 6.45) is 0.585. The highest BCUT2D eigenvalue weighted by Crippen LogP contribution is 2.32. The maximum atomic E-state index is 11.5. The predicted molar refractivity (Wildman–Crippen MR) is 71.2 cm³/mol. The molecular formula is C11H15ClN2O2S. The van der Waals surface area contributed by atoms with Gasteiger partial charge in [-0.3, -0.25) is 0 Å². The van der Waals surface area contributed by atoms with Crippen LogP contribution in [0.5, 0.6) is 0 Å². The molecule has 2 rings (SSSR count). The van der Waals surface area contributed by atoms with Gasteiger partial charge in [0, 0.05) is 5.54 Å². The minimum atomic E-state index is -2.93. The van der Waals surface area contributed by atoms with E-state index >= 15 is 0 Å². The number of nitrogen functional groups attached to an aromatic ring is 1. The van der Waals surface area contributed by atoms with Crippen LogP contribution < -0.4 is 11.1 Å². The topological polar surface area (TPSA) is 72.2 Å². The Bertz CT molecular complexity index is 544. The highest BCUT2D eigenvalue weighted by atomic mass is 35.5. The number of nitrogens with one attached hydrogen (secondary N) is 1. The second-order valence-corrected chi connectivity index (χ2v) is 7.32. The molecule has 94 valence electrons. The van der Waals surface area contributed by atoms with Crippen LogP contribution in [0.3, 0.4) is 0 Å². The van der Waals surface area contributed by atoms with Crippen molar-refractivity contribution in [3.63, 3.8) is 0 Å². The Balaban J connectivity index is 2.25. The van der Waals surface area contributed by atoms with Crippen molar-refractivity contribution in [1.29, 1.82) is 0 Å². The first-order valence-corrected chi connectivity index (χ1v) is 7.54. The van der Waals surface area contributed by atoms with Crippen molar-refractivity contribution in [1.82, 2.24) is 0 Å². The van der Waals surface area contributed by atoms with Crippen molar-refractivity contribution in [3.05, 3.63) is 23.2 Å².